The summed E-state index contributed by atoms with van der Waals surface area (Å²) in [6.45, 7) is 1.94. The van der Waals surface area contributed by atoms with Crippen LogP contribution < -0.4 is 0 Å². The van der Waals surface area contributed by atoms with Crippen LogP contribution in [0.15, 0.2) is 110 Å². The number of aliphatic hydroxyl groups is 4. The first kappa shape index (κ1) is 41.3. The molecule has 0 bridgehead atoms. The van der Waals surface area contributed by atoms with Gasteiger partial charge in [0.2, 0.25) is 0 Å². The average molecular weight is 790 g/mol. The molecule has 6 heterocycles. The van der Waals surface area contributed by atoms with Gasteiger partial charge >= 0.3 is 5.97 Å². The number of carbonyl (C=O) groups is 1. The predicted molar refractivity (Wildman–Crippen MR) is 191 cm³/mol. The summed E-state index contributed by atoms with van der Waals surface area (Å²) in [4.78, 5) is 35.8. The minimum Gasteiger partial charge on any atom is -0.481 e. The maximum Gasteiger partial charge on any atom is 0.303 e. The van der Waals surface area contributed by atoms with E-state index in [1.54, 1.807) is 85.7 Å². The van der Waals surface area contributed by atoms with Gasteiger partial charge in [-0.3, -0.25) is 34.7 Å². The molecule has 12 nitrogen and oxygen atoms in total. The Bertz CT molecular complexity index is 1830. The van der Waals surface area contributed by atoms with Crippen molar-refractivity contribution in [3.05, 3.63) is 143 Å². The molecule has 6 aromatic heterocycles. The summed E-state index contributed by atoms with van der Waals surface area (Å²) in [5, 5.41) is 44.7. The normalized spacial score (nSPS) is 10.2. The van der Waals surface area contributed by atoms with E-state index in [0.717, 1.165) is 51.2 Å². The summed E-state index contributed by atoms with van der Waals surface area (Å²) in [5.41, 5.74) is 9.87. The summed E-state index contributed by atoms with van der Waals surface area (Å²) in [5.74, 6) is -0.755. The Kier molecular flexibility index (Phi) is 17.4. The number of nitrogens with zero attached hydrogens (tertiary/aromatic N) is 6. The van der Waals surface area contributed by atoms with E-state index in [4.69, 9.17) is 25.5 Å². The molecule has 0 aliphatic heterocycles. The number of hydrogen-bond acceptors (Lipinski definition) is 11. The number of pyridine rings is 6. The van der Waals surface area contributed by atoms with Crippen molar-refractivity contribution in [2.75, 3.05) is 0 Å². The summed E-state index contributed by atoms with van der Waals surface area (Å²) < 4.78 is 0. The van der Waals surface area contributed by atoms with E-state index in [2.05, 4.69) is 29.9 Å². The molecule has 0 radical (unpaired) electrons. The molecule has 0 atom stereocenters. The Hall–Kier alpha value is -5.17. The second kappa shape index (κ2) is 21.9. The van der Waals surface area contributed by atoms with Crippen LogP contribution >= 0.6 is 0 Å². The number of aliphatic hydroxyl groups excluding tert-OH is 4. The second-order valence-electron chi connectivity index (χ2n) is 11.3. The zero-order valence-corrected chi connectivity index (χ0v) is 30.3. The Morgan fingerprint density at radius 3 is 1.08 bits per heavy atom. The Labute approximate surface area is 314 Å². The number of rotatable bonds is 11. The maximum absolute atomic E-state index is 10.5. The van der Waals surface area contributed by atoms with E-state index in [0.29, 0.717) is 29.2 Å². The minimum atomic E-state index is -0.755. The first-order valence-electron chi connectivity index (χ1n) is 16.2. The fourth-order valence-corrected chi connectivity index (χ4v) is 4.74. The van der Waals surface area contributed by atoms with Gasteiger partial charge in [-0.05, 0) is 126 Å². The van der Waals surface area contributed by atoms with Crippen molar-refractivity contribution in [3.63, 3.8) is 0 Å². The smallest absolute Gasteiger partial charge is 0.303 e. The Morgan fingerprint density at radius 1 is 0.481 bits per heavy atom. The van der Waals surface area contributed by atoms with Gasteiger partial charge < -0.3 is 25.5 Å². The Morgan fingerprint density at radius 2 is 0.769 bits per heavy atom. The van der Waals surface area contributed by atoms with Crippen molar-refractivity contribution in [1.82, 2.24) is 29.9 Å². The van der Waals surface area contributed by atoms with Crippen LogP contribution in [0.4, 0.5) is 0 Å². The summed E-state index contributed by atoms with van der Waals surface area (Å²) >= 11 is 0. The van der Waals surface area contributed by atoms with Gasteiger partial charge in [-0.15, -0.1) is 0 Å². The second-order valence-corrected chi connectivity index (χ2v) is 11.3. The first-order valence-corrected chi connectivity index (χ1v) is 16.2. The Balaban J connectivity index is 0.000000209. The van der Waals surface area contributed by atoms with Gasteiger partial charge in [-0.25, -0.2) is 0 Å². The van der Waals surface area contributed by atoms with Crippen molar-refractivity contribution >= 4 is 5.97 Å². The molecule has 0 saturated heterocycles. The van der Waals surface area contributed by atoms with Crippen molar-refractivity contribution in [3.8, 4) is 34.2 Å². The van der Waals surface area contributed by atoms with E-state index in [9.17, 15) is 4.79 Å². The van der Waals surface area contributed by atoms with Crippen LogP contribution in [0.1, 0.15) is 46.2 Å². The van der Waals surface area contributed by atoms with Gasteiger partial charge in [0.1, 0.15) is 0 Å². The SMILES string of the molecule is Cc1ccnc(-c2cc(CCCC(=O)O)ccn2)c1.OCc1ccnc(-c2cc(CO)ccn2)c1.OCc1ccnc(-c2cc(CO)ccn2)c1.[Ru]. The average Bonchev–Trinajstić information content (AvgIpc) is 3.18. The maximum atomic E-state index is 10.5. The molecule has 5 N–H and O–H groups in total. The van der Waals surface area contributed by atoms with Crippen LogP contribution in [0, 0.1) is 6.92 Å². The summed E-state index contributed by atoms with van der Waals surface area (Å²) in [6.07, 6.45) is 11.6. The molecule has 0 aliphatic rings. The molecule has 52 heavy (non-hydrogen) atoms. The van der Waals surface area contributed by atoms with Crippen molar-refractivity contribution in [1.29, 1.82) is 0 Å². The van der Waals surface area contributed by atoms with Crippen LogP contribution in [0.25, 0.3) is 34.2 Å². The molecule has 0 unspecified atom stereocenters. The largest absolute Gasteiger partial charge is 0.481 e. The molecule has 6 rings (SSSR count). The number of carboxylic acids is 1. The van der Waals surface area contributed by atoms with Crippen LogP contribution in [-0.2, 0) is 57.1 Å². The van der Waals surface area contributed by atoms with E-state index < -0.39 is 5.97 Å². The molecule has 0 saturated carbocycles. The fraction of sp³-hybridized carbons (Fsp3) is 0.205. The monoisotopic (exact) mass is 790 g/mol. The number of aliphatic carboxylic acids is 1. The van der Waals surface area contributed by atoms with E-state index in [1.807, 2.05) is 31.2 Å². The number of aromatic nitrogens is 6. The summed E-state index contributed by atoms with van der Waals surface area (Å²) in [6, 6.07) is 22.0. The number of carboxylic acid groups (broad SMARTS) is 1. The molecule has 0 aromatic carbocycles. The molecular formula is C39H40N6O6Ru. The van der Waals surface area contributed by atoms with Crippen molar-refractivity contribution in [2.45, 2.75) is 52.6 Å². The van der Waals surface area contributed by atoms with Gasteiger partial charge in [-0.2, -0.15) is 0 Å². The third-order valence-electron chi connectivity index (χ3n) is 7.41. The van der Waals surface area contributed by atoms with Crippen LogP contribution in [0.3, 0.4) is 0 Å². The van der Waals surface area contributed by atoms with Crippen LogP contribution in [-0.4, -0.2) is 61.4 Å². The fourth-order valence-electron chi connectivity index (χ4n) is 4.74. The van der Waals surface area contributed by atoms with Gasteiger partial charge in [-0.1, -0.05) is 0 Å². The zero-order valence-electron chi connectivity index (χ0n) is 28.5. The topological polar surface area (TPSA) is 196 Å². The van der Waals surface area contributed by atoms with E-state index in [1.165, 1.54) is 0 Å². The molecule has 0 fully saturated rings. The molecule has 270 valence electrons. The molecular weight excluding hydrogens is 750 g/mol. The first-order chi connectivity index (χ1) is 24.8. The van der Waals surface area contributed by atoms with Gasteiger partial charge in [0.25, 0.3) is 0 Å². The minimum absolute atomic E-state index is 0. The van der Waals surface area contributed by atoms with E-state index in [-0.39, 0.29) is 52.3 Å². The third-order valence-corrected chi connectivity index (χ3v) is 7.41. The molecule has 0 spiro atoms. The number of aryl methyl sites for hydroxylation is 2. The quantitative estimate of drug-likeness (QED) is 0.109. The zero-order chi connectivity index (χ0) is 36.4. The van der Waals surface area contributed by atoms with Gasteiger partial charge in [0, 0.05) is 63.1 Å². The molecule has 0 aliphatic carbocycles. The summed E-state index contributed by atoms with van der Waals surface area (Å²) in [7, 11) is 0. The van der Waals surface area contributed by atoms with Crippen molar-refractivity contribution in [2.24, 2.45) is 0 Å². The van der Waals surface area contributed by atoms with Crippen LogP contribution in [0.2, 0.25) is 0 Å². The third kappa shape index (κ3) is 13.2. The predicted octanol–water partition coefficient (Wildman–Crippen LogP) is 5.11. The molecule has 13 heteroatoms. The standard InChI is InChI=1S/C15H16N2O2.2C12H12N2O2.Ru/c1-11-5-7-16-13(9-11)14-10-12(6-8-17-14)3-2-4-15(18)19;2*15-7-9-1-3-13-11(5-9)12-6-10(8-16)2-4-14-12;/h5-10H,2-4H2,1H3,(H,18,19);2*1-6,15-16H,7-8H2;. The van der Waals surface area contributed by atoms with Gasteiger partial charge in [0.05, 0.1) is 60.6 Å². The molecule has 6 aromatic rings. The number of hydrogen-bond donors (Lipinski definition) is 5. The van der Waals surface area contributed by atoms with Crippen molar-refractivity contribution < 1.29 is 49.8 Å². The van der Waals surface area contributed by atoms with Gasteiger partial charge in [0.15, 0.2) is 0 Å². The van der Waals surface area contributed by atoms with E-state index >= 15 is 0 Å². The molecule has 0 amide bonds. The van der Waals surface area contributed by atoms with Crippen LogP contribution in [0.5, 0.6) is 0 Å².